The number of hydrogen-bond donors (Lipinski definition) is 4. The number of carbonyl (C=O) groups excluding carboxylic acids is 1. The molecular weight excluding hydrogens is 486 g/mol. The van der Waals surface area contributed by atoms with E-state index in [1.165, 1.54) is 42.1 Å². The molecule has 36 heavy (non-hydrogen) atoms. The highest BCUT2D eigenvalue weighted by atomic mass is 32.2. The van der Waals surface area contributed by atoms with E-state index >= 15 is 4.39 Å². The van der Waals surface area contributed by atoms with E-state index in [-0.39, 0.29) is 46.0 Å². The van der Waals surface area contributed by atoms with Gasteiger partial charge in [0, 0.05) is 41.2 Å². The molecule has 11 heteroatoms. The van der Waals surface area contributed by atoms with E-state index in [1.54, 1.807) is 13.0 Å². The smallest absolute Gasteiger partial charge is 0.255 e. The Morgan fingerprint density at radius 1 is 1.25 bits per heavy atom. The van der Waals surface area contributed by atoms with Crippen LogP contribution in [0, 0.1) is 25.5 Å². The number of amides is 1. The number of benzene rings is 1. The minimum Gasteiger partial charge on any atom is -0.365 e. The Morgan fingerprint density at radius 2 is 2.00 bits per heavy atom. The summed E-state index contributed by atoms with van der Waals surface area (Å²) < 4.78 is 36.9. The summed E-state index contributed by atoms with van der Waals surface area (Å²) >= 11 is 1.16. The summed E-state index contributed by atoms with van der Waals surface area (Å²) in [6.45, 7) is 5.19. The molecule has 0 spiro atoms. The molecule has 1 saturated carbocycles. The number of nitrogens with two attached hydrogens (primary N) is 1. The normalized spacial score (nSPS) is 14.2. The second-order valence-corrected chi connectivity index (χ2v) is 9.91. The molecule has 0 radical (unpaired) electrons. The summed E-state index contributed by atoms with van der Waals surface area (Å²) in [4.78, 5) is 29.4. The lowest BCUT2D eigenvalue weighted by molar-refractivity contribution is 0.1000. The SMILES string of the molecule is Cc1ccc(Nc2c(C(N)=O)cn(Cc3ccnc(NSNC4(C)CCC4)c3F)c(=O)c2C)c(F)c1. The van der Waals surface area contributed by atoms with Crippen molar-refractivity contribution < 1.29 is 13.6 Å². The molecule has 8 nitrogen and oxygen atoms in total. The number of nitrogens with zero attached hydrogens (tertiary/aromatic N) is 2. The van der Waals surface area contributed by atoms with Crippen molar-refractivity contribution in [2.24, 2.45) is 5.73 Å². The van der Waals surface area contributed by atoms with Gasteiger partial charge >= 0.3 is 0 Å². The van der Waals surface area contributed by atoms with E-state index in [0.29, 0.717) is 0 Å². The van der Waals surface area contributed by atoms with E-state index in [1.807, 2.05) is 0 Å². The molecule has 0 aliphatic heterocycles. The van der Waals surface area contributed by atoms with Crippen LogP contribution in [0.15, 0.2) is 41.5 Å². The van der Waals surface area contributed by atoms with Gasteiger partial charge in [-0.2, -0.15) is 0 Å². The van der Waals surface area contributed by atoms with Gasteiger partial charge in [-0.1, -0.05) is 6.07 Å². The fourth-order valence-corrected chi connectivity index (χ4v) is 4.73. The minimum atomic E-state index is -0.814. The molecule has 1 aliphatic carbocycles. The van der Waals surface area contributed by atoms with Crippen LogP contribution in [0.2, 0.25) is 0 Å². The highest BCUT2D eigenvalue weighted by Gasteiger charge is 2.31. The van der Waals surface area contributed by atoms with E-state index in [2.05, 4.69) is 26.7 Å². The van der Waals surface area contributed by atoms with Gasteiger partial charge in [-0.05, 0) is 63.8 Å². The van der Waals surface area contributed by atoms with Crippen molar-refractivity contribution in [3.05, 3.63) is 80.9 Å². The first-order valence-electron chi connectivity index (χ1n) is 11.5. The molecule has 0 atom stereocenters. The first-order valence-corrected chi connectivity index (χ1v) is 12.3. The molecule has 1 amide bonds. The highest BCUT2D eigenvalue weighted by molar-refractivity contribution is 7.98. The van der Waals surface area contributed by atoms with Gasteiger partial charge in [-0.15, -0.1) is 0 Å². The first kappa shape index (κ1) is 25.6. The fraction of sp³-hybridized carbons (Fsp3) is 0.320. The molecule has 0 bridgehead atoms. The third-order valence-electron chi connectivity index (χ3n) is 6.37. The van der Waals surface area contributed by atoms with Crippen LogP contribution in [0.5, 0.6) is 0 Å². The molecule has 2 aromatic heterocycles. The van der Waals surface area contributed by atoms with Gasteiger partial charge in [-0.25, -0.2) is 18.5 Å². The standard InChI is InChI=1S/C25H28F2N6O2S/c1-14-5-6-19(18(26)11-14)30-21-15(2)24(35)33(13-17(21)22(28)34)12-16-7-10-29-23(20(16)27)31-36-32-25(3)8-4-9-25/h5-7,10-11,13,30,32H,4,8-9,12H2,1-3H3,(H2,28,34)(H,29,31). The second kappa shape index (κ2) is 10.3. The number of nitrogens with one attached hydrogen (secondary N) is 3. The molecule has 190 valence electrons. The summed E-state index contributed by atoms with van der Waals surface area (Å²) in [6.07, 6.45) is 5.94. The number of aryl methyl sites for hydroxylation is 1. The number of halogens is 2. The number of carbonyl (C=O) groups is 1. The second-order valence-electron chi connectivity index (χ2n) is 9.30. The maximum Gasteiger partial charge on any atom is 0.255 e. The topological polar surface area (TPSA) is 114 Å². The van der Waals surface area contributed by atoms with Crippen molar-refractivity contribution in [1.29, 1.82) is 0 Å². The number of primary amides is 1. The average molecular weight is 515 g/mol. The molecule has 0 saturated heterocycles. The molecule has 3 aromatic rings. The van der Waals surface area contributed by atoms with Gasteiger partial charge in [0.15, 0.2) is 11.6 Å². The molecular formula is C25H28F2N6O2S. The summed E-state index contributed by atoms with van der Waals surface area (Å²) in [5.74, 6) is -1.93. The first-order chi connectivity index (χ1) is 17.1. The number of pyridine rings is 2. The molecule has 2 heterocycles. The predicted molar refractivity (Wildman–Crippen MR) is 138 cm³/mol. The quantitative estimate of drug-likeness (QED) is 0.310. The largest absolute Gasteiger partial charge is 0.365 e. The van der Waals surface area contributed by atoms with Crippen LogP contribution in [0.1, 0.15) is 53.2 Å². The van der Waals surface area contributed by atoms with Gasteiger partial charge < -0.3 is 15.6 Å². The predicted octanol–water partition coefficient (Wildman–Crippen LogP) is 4.54. The van der Waals surface area contributed by atoms with Crippen LogP contribution in [0.25, 0.3) is 0 Å². The van der Waals surface area contributed by atoms with E-state index in [9.17, 15) is 14.0 Å². The Morgan fingerprint density at radius 3 is 2.64 bits per heavy atom. The van der Waals surface area contributed by atoms with Gasteiger partial charge in [0.25, 0.3) is 11.5 Å². The van der Waals surface area contributed by atoms with Crippen LogP contribution in [0.4, 0.5) is 26.0 Å². The van der Waals surface area contributed by atoms with Gasteiger partial charge in [0.2, 0.25) is 0 Å². The van der Waals surface area contributed by atoms with Crippen LogP contribution >= 0.6 is 12.1 Å². The monoisotopic (exact) mass is 514 g/mol. The van der Waals surface area contributed by atoms with Crippen molar-refractivity contribution >= 4 is 35.2 Å². The van der Waals surface area contributed by atoms with Crippen LogP contribution in [0.3, 0.4) is 0 Å². The molecule has 5 N–H and O–H groups in total. The van der Waals surface area contributed by atoms with Crippen molar-refractivity contribution in [3.63, 3.8) is 0 Å². The lowest BCUT2D eigenvalue weighted by atomic mass is 9.80. The number of rotatable bonds is 9. The van der Waals surface area contributed by atoms with Crippen LogP contribution < -0.4 is 26.1 Å². The zero-order chi connectivity index (χ0) is 26.0. The van der Waals surface area contributed by atoms with Crippen molar-refractivity contribution in [2.45, 2.75) is 52.1 Å². The maximum atomic E-state index is 15.2. The number of hydrogen-bond acceptors (Lipinski definition) is 7. The number of aromatic nitrogens is 2. The zero-order valence-corrected chi connectivity index (χ0v) is 21.1. The highest BCUT2D eigenvalue weighted by Crippen LogP contribution is 2.33. The molecule has 1 aliphatic rings. The summed E-state index contributed by atoms with van der Waals surface area (Å²) in [7, 11) is 0. The van der Waals surface area contributed by atoms with Gasteiger partial charge in [0.05, 0.1) is 23.5 Å². The molecule has 1 aromatic carbocycles. The number of anilines is 3. The van der Waals surface area contributed by atoms with Crippen molar-refractivity contribution in [1.82, 2.24) is 14.3 Å². The third-order valence-corrected chi connectivity index (χ3v) is 7.26. The van der Waals surface area contributed by atoms with Gasteiger partial charge in [-0.3, -0.25) is 14.3 Å². The van der Waals surface area contributed by atoms with E-state index in [4.69, 9.17) is 5.73 Å². The summed E-state index contributed by atoms with van der Waals surface area (Å²) in [5.41, 5.74) is 6.37. The maximum absolute atomic E-state index is 15.2. The minimum absolute atomic E-state index is 0.0129. The Hall–Kier alpha value is -3.44. The molecule has 4 rings (SSSR count). The fourth-order valence-electron chi connectivity index (χ4n) is 3.99. The van der Waals surface area contributed by atoms with Crippen LogP contribution in [-0.2, 0) is 6.54 Å². The summed E-state index contributed by atoms with van der Waals surface area (Å²) in [5, 5.41) is 2.82. The Bertz CT molecular complexity index is 1370. The lowest BCUT2D eigenvalue weighted by Crippen LogP contribution is -2.45. The van der Waals surface area contributed by atoms with Crippen molar-refractivity contribution in [2.75, 3.05) is 10.0 Å². The third kappa shape index (κ3) is 5.36. The van der Waals surface area contributed by atoms with E-state index < -0.39 is 23.1 Å². The lowest BCUT2D eigenvalue weighted by Gasteiger charge is -2.38. The average Bonchev–Trinajstić information content (AvgIpc) is 2.81. The Labute approximate surface area is 212 Å². The Balaban J connectivity index is 1.60. The summed E-state index contributed by atoms with van der Waals surface area (Å²) in [6, 6.07) is 6.01. The van der Waals surface area contributed by atoms with E-state index in [0.717, 1.165) is 37.0 Å². The van der Waals surface area contributed by atoms with Crippen LogP contribution in [-0.4, -0.2) is 21.0 Å². The Kier molecular flexibility index (Phi) is 7.32. The molecule has 0 unspecified atom stereocenters. The van der Waals surface area contributed by atoms with Gasteiger partial charge in [0.1, 0.15) is 5.82 Å². The molecule has 1 fully saturated rings. The zero-order valence-electron chi connectivity index (χ0n) is 20.2. The van der Waals surface area contributed by atoms with Crippen molar-refractivity contribution in [3.8, 4) is 0 Å².